The molecule has 5 nitrogen and oxygen atoms in total. The molecule has 0 spiro atoms. The second-order valence-electron chi connectivity index (χ2n) is 4.56. The fraction of sp³-hybridized carbons (Fsp3) is 0.333. The van der Waals surface area contributed by atoms with Crippen molar-refractivity contribution in [1.29, 1.82) is 0 Å². The first kappa shape index (κ1) is 14.3. The summed E-state index contributed by atoms with van der Waals surface area (Å²) < 4.78 is 15.7. The van der Waals surface area contributed by atoms with Crippen LogP contribution in [0.5, 0.6) is 5.75 Å². The number of ether oxygens (including phenoxy) is 2. The van der Waals surface area contributed by atoms with Crippen LogP contribution < -0.4 is 4.74 Å². The van der Waals surface area contributed by atoms with Crippen LogP contribution in [0.1, 0.15) is 34.3 Å². The zero-order valence-corrected chi connectivity index (χ0v) is 11.8. The second-order valence-corrected chi connectivity index (χ2v) is 4.56. The molecule has 0 radical (unpaired) electrons. The molecule has 0 unspecified atom stereocenters. The maximum Gasteiger partial charge on any atom is 0.163 e. The SMILES string of the molecule is COCc1cc(COc2cc(C)ccc2C(C)=O)no1. The van der Waals surface area contributed by atoms with Crippen molar-refractivity contribution in [2.75, 3.05) is 7.11 Å². The number of carbonyl (C=O) groups is 1. The molecule has 0 bridgehead atoms. The molecular weight excluding hydrogens is 258 g/mol. The smallest absolute Gasteiger partial charge is 0.163 e. The minimum atomic E-state index is -0.0276. The predicted octanol–water partition coefficient (Wildman–Crippen LogP) is 2.91. The molecule has 0 aliphatic heterocycles. The van der Waals surface area contributed by atoms with E-state index in [4.69, 9.17) is 14.0 Å². The summed E-state index contributed by atoms with van der Waals surface area (Å²) in [6.07, 6.45) is 0. The van der Waals surface area contributed by atoms with Gasteiger partial charge in [0.15, 0.2) is 11.5 Å². The summed E-state index contributed by atoms with van der Waals surface area (Å²) in [6.45, 7) is 4.08. The Labute approximate surface area is 117 Å². The maximum atomic E-state index is 11.5. The first-order valence-electron chi connectivity index (χ1n) is 6.28. The van der Waals surface area contributed by atoms with Crippen LogP contribution in [0, 0.1) is 6.92 Å². The predicted molar refractivity (Wildman–Crippen MR) is 72.7 cm³/mol. The zero-order chi connectivity index (χ0) is 14.5. The lowest BCUT2D eigenvalue weighted by Gasteiger charge is -2.09. The van der Waals surface area contributed by atoms with Crippen LogP contribution >= 0.6 is 0 Å². The third-order valence-corrected chi connectivity index (χ3v) is 2.79. The molecule has 0 atom stereocenters. The summed E-state index contributed by atoms with van der Waals surface area (Å²) in [5, 5.41) is 3.88. The summed E-state index contributed by atoms with van der Waals surface area (Å²) >= 11 is 0. The standard InChI is InChI=1S/C15H17NO4/c1-10-4-5-14(11(2)17)15(6-10)19-8-12-7-13(9-18-3)20-16-12/h4-7H,8-9H2,1-3H3. The Bertz CT molecular complexity index is 604. The van der Waals surface area contributed by atoms with Crippen molar-refractivity contribution in [2.24, 2.45) is 0 Å². The van der Waals surface area contributed by atoms with E-state index in [1.54, 1.807) is 19.2 Å². The van der Waals surface area contributed by atoms with E-state index in [-0.39, 0.29) is 12.4 Å². The van der Waals surface area contributed by atoms with E-state index < -0.39 is 0 Å². The topological polar surface area (TPSA) is 61.6 Å². The van der Waals surface area contributed by atoms with Crippen molar-refractivity contribution in [3.8, 4) is 5.75 Å². The Kier molecular flexibility index (Phi) is 4.53. The van der Waals surface area contributed by atoms with Gasteiger partial charge in [0, 0.05) is 13.2 Å². The highest BCUT2D eigenvalue weighted by atomic mass is 16.5. The molecule has 0 N–H and O–H groups in total. The summed E-state index contributed by atoms with van der Waals surface area (Å²) in [7, 11) is 1.59. The lowest BCUT2D eigenvalue weighted by molar-refractivity contribution is 0.101. The lowest BCUT2D eigenvalue weighted by atomic mass is 10.1. The van der Waals surface area contributed by atoms with Crippen molar-refractivity contribution < 1.29 is 18.8 Å². The molecule has 0 amide bonds. The highest BCUT2D eigenvalue weighted by molar-refractivity contribution is 5.96. The lowest BCUT2D eigenvalue weighted by Crippen LogP contribution is -2.02. The molecule has 2 rings (SSSR count). The summed E-state index contributed by atoms with van der Waals surface area (Å²) in [6, 6.07) is 7.27. The molecule has 0 saturated carbocycles. The third kappa shape index (κ3) is 3.45. The van der Waals surface area contributed by atoms with Gasteiger partial charge in [0.1, 0.15) is 24.7 Å². The highest BCUT2D eigenvalue weighted by Gasteiger charge is 2.10. The minimum absolute atomic E-state index is 0.0276. The molecular formula is C15H17NO4. The largest absolute Gasteiger partial charge is 0.486 e. The van der Waals surface area contributed by atoms with Crippen molar-refractivity contribution >= 4 is 5.78 Å². The Morgan fingerprint density at radius 2 is 2.10 bits per heavy atom. The summed E-state index contributed by atoms with van der Waals surface area (Å²) in [4.78, 5) is 11.5. The van der Waals surface area contributed by atoms with Crippen LogP contribution in [0.25, 0.3) is 0 Å². The number of rotatable bonds is 6. The van der Waals surface area contributed by atoms with Crippen LogP contribution in [0.15, 0.2) is 28.8 Å². The van der Waals surface area contributed by atoms with Crippen LogP contribution in [-0.2, 0) is 18.0 Å². The third-order valence-electron chi connectivity index (χ3n) is 2.79. The minimum Gasteiger partial charge on any atom is -0.486 e. The molecule has 2 aromatic rings. The van der Waals surface area contributed by atoms with Gasteiger partial charge >= 0.3 is 0 Å². The average Bonchev–Trinajstić information content (AvgIpc) is 2.84. The number of ketones is 1. The first-order chi connectivity index (χ1) is 9.60. The number of nitrogens with zero attached hydrogens (tertiary/aromatic N) is 1. The molecule has 0 saturated heterocycles. The van der Waals surface area contributed by atoms with Crippen LogP contribution in [0.3, 0.4) is 0 Å². The normalized spacial score (nSPS) is 10.6. The van der Waals surface area contributed by atoms with Gasteiger partial charge in [-0.3, -0.25) is 4.79 Å². The maximum absolute atomic E-state index is 11.5. The number of carbonyl (C=O) groups excluding carboxylic acids is 1. The zero-order valence-electron chi connectivity index (χ0n) is 11.8. The number of methoxy groups -OCH3 is 1. The van der Waals surface area contributed by atoms with Crippen LogP contribution in [0.4, 0.5) is 0 Å². The number of aryl methyl sites for hydroxylation is 1. The van der Waals surface area contributed by atoms with Crippen molar-refractivity contribution in [2.45, 2.75) is 27.1 Å². The Morgan fingerprint density at radius 1 is 1.30 bits per heavy atom. The quantitative estimate of drug-likeness (QED) is 0.758. The molecule has 0 aliphatic carbocycles. The van der Waals surface area contributed by atoms with E-state index in [0.717, 1.165) is 5.56 Å². The number of hydrogen-bond acceptors (Lipinski definition) is 5. The Balaban J connectivity index is 2.09. The van der Waals surface area contributed by atoms with Gasteiger partial charge in [-0.1, -0.05) is 11.2 Å². The number of aromatic nitrogens is 1. The van der Waals surface area contributed by atoms with Crippen molar-refractivity contribution in [3.63, 3.8) is 0 Å². The molecule has 1 aromatic heterocycles. The van der Waals surface area contributed by atoms with Gasteiger partial charge in [-0.15, -0.1) is 0 Å². The van der Waals surface area contributed by atoms with Gasteiger partial charge in [-0.25, -0.2) is 0 Å². The van der Waals surface area contributed by atoms with E-state index in [1.165, 1.54) is 6.92 Å². The second kappa shape index (κ2) is 6.34. The molecule has 0 aliphatic rings. The van der Waals surface area contributed by atoms with E-state index in [2.05, 4.69) is 5.16 Å². The van der Waals surface area contributed by atoms with Gasteiger partial charge in [0.25, 0.3) is 0 Å². The molecule has 1 aromatic carbocycles. The van der Waals surface area contributed by atoms with E-state index in [9.17, 15) is 4.79 Å². The molecule has 20 heavy (non-hydrogen) atoms. The van der Waals surface area contributed by atoms with E-state index in [0.29, 0.717) is 29.4 Å². The van der Waals surface area contributed by atoms with E-state index in [1.807, 2.05) is 19.1 Å². The summed E-state index contributed by atoms with van der Waals surface area (Å²) in [5.74, 6) is 1.18. The fourth-order valence-corrected chi connectivity index (χ4v) is 1.83. The monoisotopic (exact) mass is 275 g/mol. The van der Waals surface area contributed by atoms with Crippen molar-refractivity contribution in [3.05, 3.63) is 46.8 Å². The van der Waals surface area contributed by atoms with Gasteiger partial charge in [-0.05, 0) is 31.5 Å². The average molecular weight is 275 g/mol. The molecule has 5 heteroatoms. The van der Waals surface area contributed by atoms with Gasteiger partial charge < -0.3 is 14.0 Å². The Hall–Kier alpha value is -2.14. The van der Waals surface area contributed by atoms with Crippen LogP contribution in [0.2, 0.25) is 0 Å². The van der Waals surface area contributed by atoms with Gasteiger partial charge in [0.2, 0.25) is 0 Å². The summed E-state index contributed by atoms with van der Waals surface area (Å²) in [5.41, 5.74) is 2.26. The van der Waals surface area contributed by atoms with Gasteiger partial charge in [0.05, 0.1) is 5.56 Å². The molecule has 106 valence electrons. The molecule has 0 fully saturated rings. The van der Waals surface area contributed by atoms with Crippen LogP contribution in [-0.4, -0.2) is 18.0 Å². The fourth-order valence-electron chi connectivity index (χ4n) is 1.83. The first-order valence-corrected chi connectivity index (χ1v) is 6.28. The Morgan fingerprint density at radius 3 is 2.80 bits per heavy atom. The highest BCUT2D eigenvalue weighted by Crippen LogP contribution is 2.22. The number of hydrogen-bond donors (Lipinski definition) is 0. The van der Waals surface area contributed by atoms with Gasteiger partial charge in [-0.2, -0.15) is 0 Å². The van der Waals surface area contributed by atoms with Crippen molar-refractivity contribution in [1.82, 2.24) is 5.16 Å². The molecule has 1 heterocycles. The number of benzene rings is 1. The van der Waals surface area contributed by atoms with E-state index >= 15 is 0 Å². The number of Topliss-reactive ketones (excluding diaryl/α,β-unsaturated/α-hetero) is 1.